The second-order valence-corrected chi connectivity index (χ2v) is 5.42. The normalized spacial score (nSPS) is 10.4. The third-order valence-corrected chi connectivity index (χ3v) is 3.45. The van der Waals surface area contributed by atoms with Gasteiger partial charge in [-0.2, -0.15) is 0 Å². The molecular weight excluding hydrogens is 360 g/mol. The van der Waals surface area contributed by atoms with Crippen molar-refractivity contribution < 1.29 is 28.5 Å². The molecule has 2 aromatic rings. The molecule has 0 bridgehead atoms. The third-order valence-electron chi connectivity index (χ3n) is 3.19. The number of esters is 2. The minimum atomic E-state index is -0.587. The summed E-state index contributed by atoms with van der Waals surface area (Å²) in [5.41, 5.74) is 0.685. The van der Waals surface area contributed by atoms with Crippen LogP contribution in [0.25, 0.3) is 6.08 Å². The standard InChI is InChI=1S/C19H17ClO6/c1-23-17-11-13(4-10-18(21)24-2)3-9-16(17)26-19(22)12-25-15-7-5-14(20)6-8-15/h3-11H,12H2,1-2H3/b10-4+. The minimum absolute atomic E-state index is 0.243. The van der Waals surface area contributed by atoms with E-state index < -0.39 is 11.9 Å². The van der Waals surface area contributed by atoms with Crippen molar-refractivity contribution in [2.45, 2.75) is 0 Å². The number of carbonyl (C=O) groups is 2. The van der Waals surface area contributed by atoms with Gasteiger partial charge in [0.05, 0.1) is 14.2 Å². The van der Waals surface area contributed by atoms with Gasteiger partial charge in [0.2, 0.25) is 0 Å². The number of methoxy groups -OCH3 is 2. The first-order chi connectivity index (χ1) is 12.5. The van der Waals surface area contributed by atoms with E-state index in [-0.39, 0.29) is 12.4 Å². The van der Waals surface area contributed by atoms with Gasteiger partial charge in [-0.05, 0) is 48.0 Å². The lowest BCUT2D eigenvalue weighted by molar-refractivity contribution is -0.137. The highest BCUT2D eigenvalue weighted by Gasteiger charge is 2.11. The lowest BCUT2D eigenvalue weighted by atomic mass is 10.2. The number of ether oxygens (including phenoxy) is 4. The van der Waals surface area contributed by atoms with Gasteiger partial charge in [-0.3, -0.25) is 0 Å². The van der Waals surface area contributed by atoms with Crippen molar-refractivity contribution in [2.24, 2.45) is 0 Å². The van der Waals surface area contributed by atoms with Gasteiger partial charge in [-0.1, -0.05) is 17.7 Å². The summed E-state index contributed by atoms with van der Waals surface area (Å²) in [6.07, 6.45) is 2.84. The second-order valence-electron chi connectivity index (χ2n) is 4.98. The van der Waals surface area contributed by atoms with Gasteiger partial charge >= 0.3 is 11.9 Å². The SMILES string of the molecule is COC(=O)/C=C/c1ccc(OC(=O)COc2ccc(Cl)cc2)c(OC)c1. The molecule has 0 N–H and O–H groups in total. The fourth-order valence-corrected chi connectivity index (χ4v) is 2.06. The largest absolute Gasteiger partial charge is 0.493 e. The molecule has 0 spiro atoms. The summed E-state index contributed by atoms with van der Waals surface area (Å²) in [5.74, 6) is 0.0285. The molecule has 0 unspecified atom stereocenters. The third kappa shape index (κ3) is 5.82. The van der Waals surface area contributed by atoms with Crippen LogP contribution in [0.5, 0.6) is 17.2 Å². The molecule has 0 atom stereocenters. The first-order valence-electron chi connectivity index (χ1n) is 7.55. The van der Waals surface area contributed by atoms with Crippen LogP contribution in [0.4, 0.5) is 0 Å². The van der Waals surface area contributed by atoms with Gasteiger partial charge in [0, 0.05) is 11.1 Å². The molecule has 136 valence electrons. The maximum Gasteiger partial charge on any atom is 0.349 e. The molecule has 7 heteroatoms. The summed E-state index contributed by atoms with van der Waals surface area (Å²) in [4.78, 5) is 23.1. The maximum atomic E-state index is 12.0. The van der Waals surface area contributed by atoms with E-state index in [2.05, 4.69) is 4.74 Å². The van der Waals surface area contributed by atoms with Crippen molar-refractivity contribution in [1.82, 2.24) is 0 Å². The van der Waals surface area contributed by atoms with Crippen LogP contribution in [-0.2, 0) is 14.3 Å². The Bertz CT molecular complexity index is 798. The molecule has 6 nitrogen and oxygen atoms in total. The summed E-state index contributed by atoms with van der Waals surface area (Å²) >= 11 is 5.78. The summed E-state index contributed by atoms with van der Waals surface area (Å²) in [6, 6.07) is 11.5. The van der Waals surface area contributed by atoms with Gasteiger partial charge in [0.25, 0.3) is 0 Å². The summed E-state index contributed by atoms with van der Waals surface area (Å²) in [5, 5.41) is 0.575. The number of halogens is 1. The molecule has 0 aliphatic carbocycles. The van der Waals surface area contributed by atoms with Crippen LogP contribution in [0.15, 0.2) is 48.5 Å². The molecule has 0 aliphatic heterocycles. The fraction of sp³-hybridized carbons (Fsp3) is 0.158. The highest BCUT2D eigenvalue weighted by molar-refractivity contribution is 6.30. The molecule has 0 aliphatic rings. The first kappa shape index (κ1) is 19.3. The van der Waals surface area contributed by atoms with Crippen LogP contribution < -0.4 is 14.2 Å². The topological polar surface area (TPSA) is 71.1 Å². The molecule has 0 saturated heterocycles. The van der Waals surface area contributed by atoms with Crippen molar-refractivity contribution in [3.05, 3.63) is 59.1 Å². The Hall–Kier alpha value is -2.99. The average molecular weight is 377 g/mol. The molecule has 26 heavy (non-hydrogen) atoms. The Morgan fingerprint density at radius 2 is 1.77 bits per heavy atom. The highest BCUT2D eigenvalue weighted by atomic mass is 35.5. The first-order valence-corrected chi connectivity index (χ1v) is 7.92. The molecular formula is C19H17ClO6. The monoisotopic (exact) mass is 376 g/mol. The van der Waals surface area contributed by atoms with Crippen molar-refractivity contribution in [3.63, 3.8) is 0 Å². The number of benzene rings is 2. The molecule has 0 saturated carbocycles. The van der Waals surface area contributed by atoms with Crippen molar-refractivity contribution in [3.8, 4) is 17.2 Å². The lowest BCUT2D eigenvalue weighted by Gasteiger charge is -2.10. The second kappa shape index (κ2) is 9.48. The van der Waals surface area contributed by atoms with Crippen LogP contribution in [-0.4, -0.2) is 32.8 Å². The number of hydrogen-bond acceptors (Lipinski definition) is 6. The van der Waals surface area contributed by atoms with E-state index in [0.717, 1.165) is 0 Å². The number of carbonyl (C=O) groups excluding carboxylic acids is 2. The van der Waals surface area contributed by atoms with E-state index in [1.165, 1.54) is 20.3 Å². The Kier molecular flexibility index (Phi) is 7.05. The molecule has 2 aromatic carbocycles. The van der Waals surface area contributed by atoms with Crippen molar-refractivity contribution in [1.29, 1.82) is 0 Å². The van der Waals surface area contributed by atoms with Crippen LogP contribution in [0.3, 0.4) is 0 Å². The zero-order chi connectivity index (χ0) is 18.9. The minimum Gasteiger partial charge on any atom is -0.493 e. The number of rotatable bonds is 7. The van der Waals surface area contributed by atoms with E-state index in [9.17, 15) is 9.59 Å². The summed E-state index contributed by atoms with van der Waals surface area (Å²) < 4.78 is 20.3. The molecule has 0 radical (unpaired) electrons. The Labute approximate surface area is 155 Å². The van der Waals surface area contributed by atoms with Gasteiger partial charge in [0.1, 0.15) is 5.75 Å². The quantitative estimate of drug-likeness (QED) is 0.418. The summed E-state index contributed by atoms with van der Waals surface area (Å²) in [7, 11) is 2.74. The van der Waals surface area contributed by atoms with Crippen LogP contribution in [0.1, 0.15) is 5.56 Å². The maximum absolute atomic E-state index is 12.0. The highest BCUT2D eigenvalue weighted by Crippen LogP contribution is 2.28. The molecule has 0 fully saturated rings. The van der Waals surface area contributed by atoms with Gasteiger partial charge in [0.15, 0.2) is 18.1 Å². The Balaban J connectivity index is 1.99. The molecule has 2 rings (SSSR count). The predicted octanol–water partition coefficient (Wildman–Crippen LogP) is 3.52. The smallest absolute Gasteiger partial charge is 0.349 e. The predicted molar refractivity (Wildman–Crippen MR) is 96.6 cm³/mol. The van der Waals surface area contributed by atoms with Crippen LogP contribution in [0, 0.1) is 0 Å². The fourth-order valence-electron chi connectivity index (χ4n) is 1.93. The average Bonchev–Trinajstić information content (AvgIpc) is 2.66. The molecule has 0 heterocycles. The molecule has 0 amide bonds. The van der Waals surface area contributed by atoms with E-state index in [1.54, 1.807) is 48.5 Å². The van der Waals surface area contributed by atoms with Crippen LogP contribution >= 0.6 is 11.6 Å². The zero-order valence-corrected chi connectivity index (χ0v) is 15.0. The Morgan fingerprint density at radius 3 is 2.42 bits per heavy atom. The van der Waals surface area contributed by atoms with E-state index >= 15 is 0 Å². The Morgan fingerprint density at radius 1 is 1.04 bits per heavy atom. The van der Waals surface area contributed by atoms with E-state index in [4.69, 9.17) is 25.8 Å². The van der Waals surface area contributed by atoms with Gasteiger partial charge in [-0.15, -0.1) is 0 Å². The van der Waals surface area contributed by atoms with E-state index in [0.29, 0.717) is 22.1 Å². The van der Waals surface area contributed by atoms with Crippen LogP contribution in [0.2, 0.25) is 5.02 Å². The lowest BCUT2D eigenvalue weighted by Crippen LogP contribution is -2.18. The summed E-state index contributed by atoms with van der Waals surface area (Å²) in [6.45, 7) is -0.269. The van der Waals surface area contributed by atoms with Crippen molar-refractivity contribution in [2.75, 3.05) is 20.8 Å². The zero-order valence-electron chi connectivity index (χ0n) is 14.2. The molecule has 0 aromatic heterocycles. The number of hydrogen-bond donors (Lipinski definition) is 0. The van der Waals surface area contributed by atoms with Gasteiger partial charge in [-0.25, -0.2) is 9.59 Å². The van der Waals surface area contributed by atoms with Crippen molar-refractivity contribution >= 4 is 29.6 Å². The van der Waals surface area contributed by atoms with E-state index in [1.807, 2.05) is 0 Å². The van der Waals surface area contributed by atoms with Gasteiger partial charge < -0.3 is 18.9 Å².